The highest BCUT2D eigenvalue weighted by molar-refractivity contribution is 5.41. The monoisotopic (exact) mass is 193 g/mol. The molecule has 0 unspecified atom stereocenters. The van der Waals surface area contributed by atoms with Gasteiger partial charge in [0, 0.05) is 24.9 Å². The summed E-state index contributed by atoms with van der Waals surface area (Å²) >= 11 is 0. The Bertz CT molecular complexity index is 269. The Morgan fingerprint density at radius 2 is 1.79 bits per heavy atom. The van der Waals surface area contributed by atoms with Gasteiger partial charge in [0.05, 0.1) is 5.69 Å². The minimum absolute atomic E-state index is 0.526. The highest BCUT2D eigenvalue weighted by atomic mass is 15.0. The molecular formula is C11H19N3. The first-order chi connectivity index (χ1) is 6.83. The van der Waals surface area contributed by atoms with Crippen molar-refractivity contribution < 1.29 is 0 Å². The Labute approximate surface area is 86.0 Å². The van der Waals surface area contributed by atoms with E-state index in [9.17, 15) is 0 Å². The van der Waals surface area contributed by atoms with Crippen molar-refractivity contribution in [2.24, 2.45) is 0 Å². The zero-order valence-corrected chi connectivity index (χ0v) is 9.25. The third kappa shape index (κ3) is 2.44. The molecule has 1 heterocycles. The third-order valence-corrected chi connectivity index (χ3v) is 2.44. The summed E-state index contributed by atoms with van der Waals surface area (Å²) in [5, 5.41) is 3.25. The zero-order chi connectivity index (χ0) is 10.4. The summed E-state index contributed by atoms with van der Waals surface area (Å²) in [5.74, 6) is 1.47. The molecule has 0 saturated carbocycles. The summed E-state index contributed by atoms with van der Waals surface area (Å²) < 4.78 is 0. The van der Waals surface area contributed by atoms with E-state index in [0.717, 1.165) is 30.9 Å². The SMILES string of the molecule is CCNc1nccnc1C(CC)CC. The van der Waals surface area contributed by atoms with Crippen molar-refractivity contribution in [1.82, 2.24) is 9.97 Å². The first kappa shape index (κ1) is 11.0. The third-order valence-electron chi connectivity index (χ3n) is 2.44. The predicted molar refractivity (Wildman–Crippen MR) is 59.5 cm³/mol. The van der Waals surface area contributed by atoms with E-state index in [1.165, 1.54) is 0 Å². The molecule has 1 aromatic rings. The van der Waals surface area contributed by atoms with Gasteiger partial charge in [0.15, 0.2) is 0 Å². The van der Waals surface area contributed by atoms with E-state index in [2.05, 4.69) is 36.1 Å². The molecule has 0 spiro atoms. The number of aromatic nitrogens is 2. The van der Waals surface area contributed by atoms with Crippen LogP contribution in [-0.2, 0) is 0 Å². The molecule has 0 bridgehead atoms. The Morgan fingerprint density at radius 3 is 2.36 bits per heavy atom. The van der Waals surface area contributed by atoms with E-state index < -0.39 is 0 Å². The van der Waals surface area contributed by atoms with Crippen LogP contribution in [0.4, 0.5) is 5.82 Å². The second-order valence-corrected chi connectivity index (χ2v) is 3.33. The van der Waals surface area contributed by atoms with Crippen LogP contribution in [0.3, 0.4) is 0 Å². The number of anilines is 1. The molecule has 0 aliphatic carbocycles. The molecule has 0 aromatic carbocycles. The van der Waals surface area contributed by atoms with Crippen molar-refractivity contribution in [3.8, 4) is 0 Å². The molecule has 0 amide bonds. The van der Waals surface area contributed by atoms with Crippen LogP contribution in [0.2, 0.25) is 0 Å². The molecule has 0 saturated heterocycles. The second kappa shape index (κ2) is 5.58. The van der Waals surface area contributed by atoms with E-state index in [4.69, 9.17) is 0 Å². The molecule has 1 aromatic heterocycles. The molecular weight excluding hydrogens is 174 g/mol. The van der Waals surface area contributed by atoms with Crippen molar-refractivity contribution in [2.75, 3.05) is 11.9 Å². The van der Waals surface area contributed by atoms with Gasteiger partial charge >= 0.3 is 0 Å². The van der Waals surface area contributed by atoms with Crippen molar-refractivity contribution >= 4 is 5.82 Å². The standard InChI is InChI=1S/C11H19N3/c1-4-9(5-2)10-11(12-6-3)14-8-7-13-10/h7-9H,4-6H2,1-3H3,(H,12,14). The molecule has 0 aliphatic rings. The molecule has 0 aliphatic heterocycles. The first-order valence-corrected chi connectivity index (χ1v) is 5.38. The molecule has 78 valence electrons. The highest BCUT2D eigenvalue weighted by Gasteiger charge is 2.13. The summed E-state index contributed by atoms with van der Waals surface area (Å²) in [7, 11) is 0. The minimum atomic E-state index is 0.526. The largest absolute Gasteiger partial charge is 0.369 e. The fraction of sp³-hybridized carbons (Fsp3) is 0.636. The van der Waals surface area contributed by atoms with Gasteiger partial charge in [0.2, 0.25) is 0 Å². The number of hydrogen-bond acceptors (Lipinski definition) is 3. The van der Waals surface area contributed by atoms with Crippen LogP contribution in [0.25, 0.3) is 0 Å². The van der Waals surface area contributed by atoms with Gasteiger partial charge in [-0.1, -0.05) is 13.8 Å². The van der Waals surface area contributed by atoms with E-state index in [1.807, 2.05) is 0 Å². The Kier molecular flexibility index (Phi) is 4.36. The highest BCUT2D eigenvalue weighted by Crippen LogP contribution is 2.25. The lowest BCUT2D eigenvalue weighted by Gasteiger charge is -2.15. The van der Waals surface area contributed by atoms with E-state index >= 15 is 0 Å². The Hall–Kier alpha value is -1.12. The van der Waals surface area contributed by atoms with Crippen LogP contribution in [0.1, 0.15) is 45.2 Å². The van der Waals surface area contributed by atoms with E-state index in [-0.39, 0.29) is 0 Å². The molecule has 3 heteroatoms. The van der Waals surface area contributed by atoms with Gasteiger partial charge in [0.1, 0.15) is 5.82 Å². The zero-order valence-electron chi connectivity index (χ0n) is 9.25. The summed E-state index contributed by atoms with van der Waals surface area (Å²) in [4.78, 5) is 8.73. The van der Waals surface area contributed by atoms with Crippen molar-refractivity contribution in [3.63, 3.8) is 0 Å². The molecule has 1 N–H and O–H groups in total. The van der Waals surface area contributed by atoms with Crippen LogP contribution in [0.15, 0.2) is 12.4 Å². The average molecular weight is 193 g/mol. The average Bonchev–Trinajstić information content (AvgIpc) is 2.23. The van der Waals surface area contributed by atoms with Gasteiger partial charge in [-0.15, -0.1) is 0 Å². The topological polar surface area (TPSA) is 37.8 Å². The summed E-state index contributed by atoms with van der Waals surface area (Å²) in [6.45, 7) is 7.36. The maximum absolute atomic E-state index is 4.41. The van der Waals surface area contributed by atoms with E-state index in [0.29, 0.717) is 5.92 Å². The Balaban J connectivity index is 2.92. The van der Waals surface area contributed by atoms with Gasteiger partial charge in [-0.05, 0) is 19.8 Å². The molecule has 0 atom stereocenters. The van der Waals surface area contributed by atoms with Crippen LogP contribution >= 0.6 is 0 Å². The predicted octanol–water partition coefficient (Wildman–Crippen LogP) is 2.81. The van der Waals surface area contributed by atoms with Gasteiger partial charge in [-0.25, -0.2) is 4.98 Å². The van der Waals surface area contributed by atoms with Crippen LogP contribution in [0, 0.1) is 0 Å². The van der Waals surface area contributed by atoms with Crippen molar-refractivity contribution in [3.05, 3.63) is 18.1 Å². The molecule has 0 fully saturated rings. The maximum atomic E-state index is 4.41. The molecule has 1 rings (SSSR count). The number of rotatable bonds is 5. The molecule has 3 nitrogen and oxygen atoms in total. The lowest BCUT2D eigenvalue weighted by molar-refractivity contribution is 0.621. The van der Waals surface area contributed by atoms with Crippen LogP contribution in [-0.4, -0.2) is 16.5 Å². The summed E-state index contributed by atoms with van der Waals surface area (Å²) in [6.07, 6.45) is 5.75. The minimum Gasteiger partial charge on any atom is -0.369 e. The fourth-order valence-corrected chi connectivity index (χ4v) is 1.63. The lowest BCUT2D eigenvalue weighted by Crippen LogP contribution is -2.08. The molecule has 14 heavy (non-hydrogen) atoms. The normalized spacial score (nSPS) is 10.6. The summed E-state index contributed by atoms with van der Waals surface area (Å²) in [6, 6.07) is 0. The van der Waals surface area contributed by atoms with Crippen molar-refractivity contribution in [2.45, 2.75) is 39.5 Å². The van der Waals surface area contributed by atoms with Crippen molar-refractivity contribution in [1.29, 1.82) is 0 Å². The quantitative estimate of drug-likeness (QED) is 0.781. The van der Waals surface area contributed by atoms with Crippen LogP contribution < -0.4 is 5.32 Å². The maximum Gasteiger partial charge on any atom is 0.148 e. The van der Waals surface area contributed by atoms with Gasteiger partial charge in [-0.2, -0.15) is 0 Å². The number of hydrogen-bond donors (Lipinski definition) is 1. The number of nitrogens with zero attached hydrogens (tertiary/aromatic N) is 2. The van der Waals surface area contributed by atoms with Gasteiger partial charge < -0.3 is 5.32 Å². The lowest BCUT2D eigenvalue weighted by atomic mass is 9.99. The van der Waals surface area contributed by atoms with Crippen LogP contribution in [0.5, 0.6) is 0 Å². The van der Waals surface area contributed by atoms with Gasteiger partial charge in [0.25, 0.3) is 0 Å². The smallest absolute Gasteiger partial charge is 0.148 e. The summed E-state index contributed by atoms with van der Waals surface area (Å²) in [5.41, 5.74) is 1.11. The fourth-order valence-electron chi connectivity index (χ4n) is 1.63. The Morgan fingerprint density at radius 1 is 1.14 bits per heavy atom. The number of nitrogens with one attached hydrogen (secondary N) is 1. The second-order valence-electron chi connectivity index (χ2n) is 3.33. The first-order valence-electron chi connectivity index (χ1n) is 5.38. The molecule has 0 radical (unpaired) electrons. The van der Waals surface area contributed by atoms with Gasteiger partial charge in [-0.3, -0.25) is 4.98 Å². The van der Waals surface area contributed by atoms with E-state index in [1.54, 1.807) is 12.4 Å².